The summed E-state index contributed by atoms with van der Waals surface area (Å²) in [4.78, 5) is 0.804. The highest BCUT2D eigenvalue weighted by Gasteiger charge is 2.37. The van der Waals surface area contributed by atoms with Gasteiger partial charge >= 0.3 is 0 Å². The van der Waals surface area contributed by atoms with Crippen LogP contribution in [0.3, 0.4) is 0 Å². The molecule has 0 fully saturated rings. The van der Waals surface area contributed by atoms with Crippen LogP contribution in [0.25, 0.3) is 0 Å². The van der Waals surface area contributed by atoms with Crippen LogP contribution in [0.2, 0.25) is 5.02 Å². The maximum absolute atomic E-state index is 10.4. The van der Waals surface area contributed by atoms with Gasteiger partial charge in [0, 0.05) is 6.61 Å². The molecule has 1 heterocycles. The van der Waals surface area contributed by atoms with E-state index in [9.17, 15) is 5.11 Å². The summed E-state index contributed by atoms with van der Waals surface area (Å²) < 4.78 is 5.77. The zero-order valence-corrected chi connectivity index (χ0v) is 11.6. The summed E-state index contributed by atoms with van der Waals surface area (Å²) >= 11 is 7.53. The minimum atomic E-state index is -0.644. The second-order valence-electron chi connectivity index (χ2n) is 3.74. The summed E-state index contributed by atoms with van der Waals surface area (Å²) in [5.41, 5.74) is -0.511. The van der Waals surface area contributed by atoms with E-state index in [1.54, 1.807) is 0 Å². The molecule has 1 unspecified atom stereocenters. The van der Waals surface area contributed by atoms with Gasteiger partial charge in [-0.1, -0.05) is 25.4 Å². The molecule has 1 aromatic heterocycles. The van der Waals surface area contributed by atoms with Crippen LogP contribution in [0.4, 0.5) is 0 Å². The second-order valence-corrected chi connectivity index (χ2v) is 5.10. The van der Waals surface area contributed by atoms with Crippen molar-refractivity contribution in [1.29, 1.82) is 0 Å². The van der Waals surface area contributed by atoms with Crippen LogP contribution in [-0.4, -0.2) is 17.3 Å². The van der Waals surface area contributed by atoms with Crippen molar-refractivity contribution in [3.05, 3.63) is 21.3 Å². The largest absolute Gasteiger partial charge is 0.384 e. The van der Waals surface area contributed by atoms with E-state index < -0.39 is 11.7 Å². The number of aliphatic hydroxyl groups is 1. The standard InChI is InChI=1S/C12H19ClO2S/c1-4-12(5-2,15-6-3)11(14)10-9(13)7-8-16-10/h7-8,11,14H,4-6H2,1-3H3. The molecule has 2 nitrogen and oxygen atoms in total. The van der Waals surface area contributed by atoms with Crippen molar-refractivity contribution >= 4 is 22.9 Å². The third kappa shape index (κ3) is 2.59. The lowest BCUT2D eigenvalue weighted by atomic mass is 9.89. The normalized spacial score (nSPS) is 14.1. The van der Waals surface area contributed by atoms with E-state index in [2.05, 4.69) is 0 Å². The molecule has 1 rings (SSSR count). The number of rotatable bonds is 6. The lowest BCUT2D eigenvalue weighted by Crippen LogP contribution is -2.38. The van der Waals surface area contributed by atoms with Crippen LogP contribution < -0.4 is 0 Å². The fourth-order valence-corrected chi connectivity index (χ4v) is 3.20. The Kier molecular flexibility index (Phi) is 5.25. The van der Waals surface area contributed by atoms with Crippen LogP contribution in [0.1, 0.15) is 44.6 Å². The molecule has 0 aliphatic carbocycles. The van der Waals surface area contributed by atoms with Gasteiger partial charge in [-0.2, -0.15) is 0 Å². The zero-order chi connectivity index (χ0) is 12.2. The molecule has 0 aromatic carbocycles. The number of hydrogen-bond donors (Lipinski definition) is 1. The lowest BCUT2D eigenvalue weighted by molar-refractivity contribution is -0.126. The Morgan fingerprint density at radius 2 is 2.06 bits per heavy atom. The molecule has 0 aliphatic heterocycles. The summed E-state index contributed by atoms with van der Waals surface area (Å²) in [5, 5.41) is 13.0. The maximum Gasteiger partial charge on any atom is 0.118 e. The Morgan fingerprint density at radius 3 is 2.44 bits per heavy atom. The number of thiophene rings is 1. The monoisotopic (exact) mass is 262 g/mol. The van der Waals surface area contributed by atoms with Gasteiger partial charge in [-0.3, -0.25) is 0 Å². The van der Waals surface area contributed by atoms with Crippen LogP contribution >= 0.6 is 22.9 Å². The fraction of sp³-hybridized carbons (Fsp3) is 0.667. The van der Waals surface area contributed by atoms with Gasteiger partial charge in [-0.05, 0) is 31.2 Å². The highest BCUT2D eigenvalue weighted by atomic mass is 35.5. The minimum absolute atomic E-state index is 0.511. The van der Waals surface area contributed by atoms with Crippen molar-refractivity contribution in [2.75, 3.05) is 6.61 Å². The van der Waals surface area contributed by atoms with Gasteiger partial charge in [0.25, 0.3) is 0 Å². The third-order valence-corrected chi connectivity index (χ3v) is 4.43. The Bertz CT molecular complexity index is 321. The first-order valence-corrected chi connectivity index (χ1v) is 6.92. The van der Waals surface area contributed by atoms with Gasteiger partial charge in [-0.15, -0.1) is 11.3 Å². The molecule has 0 amide bonds. The van der Waals surface area contributed by atoms with Crippen LogP contribution in [0.15, 0.2) is 11.4 Å². The lowest BCUT2D eigenvalue weighted by Gasteiger charge is -2.36. The highest BCUT2D eigenvalue weighted by molar-refractivity contribution is 7.10. The van der Waals surface area contributed by atoms with E-state index in [1.165, 1.54) is 11.3 Å². The minimum Gasteiger partial charge on any atom is -0.384 e. The SMILES string of the molecule is CCOC(CC)(CC)C(O)c1sccc1Cl. The summed E-state index contributed by atoms with van der Waals surface area (Å²) in [6.07, 6.45) is 0.898. The molecular weight excluding hydrogens is 244 g/mol. The molecule has 0 spiro atoms. The van der Waals surface area contributed by atoms with Crippen molar-refractivity contribution < 1.29 is 9.84 Å². The van der Waals surface area contributed by atoms with Gasteiger partial charge in [0.15, 0.2) is 0 Å². The summed E-state index contributed by atoms with van der Waals surface area (Å²) in [6.45, 7) is 6.61. The van der Waals surface area contributed by atoms with Crippen LogP contribution in [-0.2, 0) is 4.74 Å². The first-order chi connectivity index (χ1) is 7.61. The first-order valence-electron chi connectivity index (χ1n) is 5.66. The number of hydrogen-bond acceptors (Lipinski definition) is 3. The molecule has 1 aromatic rings. The van der Waals surface area contributed by atoms with Crippen molar-refractivity contribution in [1.82, 2.24) is 0 Å². The molecule has 0 saturated carbocycles. The van der Waals surface area contributed by atoms with Crippen molar-refractivity contribution in [2.45, 2.75) is 45.3 Å². The Hall–Kier alpha value is -0.0900. The average Bonchev–Trinajstić information content (AvgIpc) is 2.71. The number of ether oxygens (including phenoxy) is 1. The van der Waals surface area contributed by atoms with Gasteiger partial charge in [0.2, 0.25) is 0 Å². The van der Waals surface area contributed by atoms with E-state index in [0.717, 1.165) is 17.7 Å². The molecule has 0 bridgehead atoms. The smallest absolute Gasteiger partial charge is 0.118 e. The first kappa shape index (κ1) is 14.0. The second kappa shape index (κ2) is 6.01. The molecule has 1 atom stereocenters. The van der Waals surface area contributed by atoms with Gasteiger partial charge in [-0.25, -0.2) is 0 Å². The fourth-order valence-electron chi connectivity index (χ4n) is 1.95. The van der Waals surface area contributed by atoms with E-state index in [1.807, 2.05) is 32.2 Å². The zero-order valence-electron chi connectivity index (χ0n) is 10.00. The summed E-state index contributed by atoms with van der Waals surface area (Å²) in [5.74, 6) is 0. The molecular formula is C12H19ClO2S. The molecule has 0 aliphatic rings. The van der Waals surface area contributed by atoms with E-state index in [0.29, 0.717) is 11.6 Å². The maximum atomic E-state index is 10.4. The molecule has 92 valence electrons. The van der Waals surface area contributed by atoms with Gasteiger partial charge < -0.3 is 9.84 Å². The topological polar surface area (TPSA) is 29.5 Å². The quantitative estimate of drug-likeness (QED) is 0.839. The van der Waals surface area contributed by atoms with Crippen molar-refractivity contribution in [2.24, 2.45) is 0 Å². The molecule has 4 heteroatoms. The molecule has 0 radical (unpaired) electrons. The summed E-state index contributed by atoms with van der Waals surface area (Å²) in [7, 11) is 0. The van der Waals surface area contributed by atoms with Crippen molar-refractivity contribution in [3.63, 3.8) is 0 Å². The molecule has 0 saturated heterocycles. The Morgan fingerprint density at radius 1 is 1.44 bits per heavy atom. The summed E-state index contributed by atoms with van der Waals surface area (Å²) in [6, 6.07) is 1.81. The Balaban J connectivity index is 2.99. The van der Waals surface area contributed by atoms with Gasteiger partial charge in [0.05, 0.1) is 15.5 Å². The predicted octanol–water partition coefficient (Wildman–Crippen LogP) is 4.03. The van der Waals surface area contributed by atoms with E-state index >= 15 is 0 Å². The van der Waals surface area contributed by atoms with E-state index in [-0.39, 0.29) is 0 Å². The Labute approximate surface area is 106 Å². The van der Waals surface area contributed by atoms with Gasteiger partial charge in [0.1, 0.15) is 6.10 Å². The highest BCUT2D eigenvalue weighted by Crippen LogP contribution is 2.40. The van der Waals surface area contributed by atoms with E-state index in [4.69, 9.17) is 16.3 Å². The van der Waals surface area contributed by atoms with Crippen LogP contribution in [0, 0.1) is 0 Å². The molecule has 1 N–H and O–H groups in total. The third-order valence-electron chi connectivity index (χ3n) is 3.02. The molecule has 16 heavy (non-hydrogen) atoms. The average molecular weight is 263 g/mol. The number of halogens is 1. The van der Waals surface area contributed by atoms with Crippen molar-refractivity contribution in [3.8, 4) is 0 Å². The predicted molar refractivity (Wildman–Crippen MR) is 69.2 cm³/mol. The number of aliphatic hydroxyl groups excluding tert-OH is 1. The van der Waals surface area contributed by atoms with Crippen LogP contribution in [0.5, 0.6) is 0 Å².